The minimum atomic E-state index is 0.547. The van der Waals surface area contributed by atoms with E-state index in [-0.39, 0.29) is 0 Å². The topological polar surface area (TPSA) is 45.1 Å². The number of fused-ring (bicyclic) bond motifs is 2. The van der Waals surface area contributed by atoms with Gasteiger partial charge in [-0.15, -0.1) is 0 Å². The summed E-state index contributed by atoms with van der Waals surface area (Å²) >= 11 is 0. The minimum absolute atomic E-state index is 0.547. The Morgan fingerprint density at radius 3 is 2.93 bits per heavy atom. The second-order valence-electron chi connectivity index (χ2n) is 8.44. The van der Waals surface area contributed by atoms with Crippen molar-refractivity contribution in [3.05, 3.63) is 59.7 Å². The summed E-state index contributed by atoms with van der Waals surface area (Å²) in [4.78, 5) is 7.37. The number of hydrogen-bond acceptors (Lipinski definition) is 4. The molecule has 2 N–H and O–H groups in total. The van der Waals surface area contributed by atoms with Crippen LogP contribution in [0.25, 0.3) is 5.70 Å². The molecule has 2 aromatic rings. The van der Waals surface area contributed by atoms with Gasteiger partial charge in [0, 0.05) is 51.4 Å². The Morgan fingerprint density at radius 2 is 2.11 bits per heavy atom. The van der Waals surface area contributed by atoms with Gasteiger partial charge in [-0.25, -0.2) is 4.98 Å². The molecule has 0 amide bonds. The van der Waals surface area contributed by atoms with Crippen LogP contribution in [0.2, 0.25) is 0 Å². The highest BCUT2D eigenvalue weighted by atomic mass is 15.1. The van der Waals surface area contributed by atoms with Gasteiger partial charge in [0.25, 0.3) is 0 Å². The zero-order valence-electron chi connectivity index (χ0n) is 17.2. The van der Waals surface area contributed by atoms with Gasteiger partial charge in [-0.05, 0) is 36.9 Å². The quantitative estimate of drug-likeness (QED) is 0.776. The Bertz CT molecular complexity index is 824. The van der Waals surface area contributed by atoms with Crippen molar-refractivity contribution in [3.63, 3.8) is 0 Å². The predicted molar refractivity (Wildman–Crippen MR) is 115 cm³/mol. The minimum Gasteiger partial charge on any atom is -0.383 e. The predicted octanol–water partition coefficient (Wildman–Crippen LogP) is 2.67. The molecule has 28 heavy (non-hydrogen) atoms. The lowest BCUT2D eigenvalue weighted by Gasteiger charge is -2.31. The smallest absolute Gasteiger partial charge is 0.109 e. The van der Waals surface area contributed by atoms with Crippen LogP contribution in [0.4, 0.5) is 0 Å². The van der Waals surface area contributed by atoms with Crippen LogP contribution in [-0.2, 0) is 25.9 Å². The zero-order valence-corrected chi connectivity index (χ0v) is 17.2. The average Bonchev–Trinajstić information content (AvgIpc) is 3.15. The van der Waals surface area contributed by atoms with Crippen LogP contribution < -0.4 is 10.6 Å². The van der Waals surface area contributed by atoms with Gasteiger partial charge in [0.05, 0.1) is 5.70 Å². The van der Waals surface area contributed by atoms with Gasteiger partial charge in [0.1, 0.15) is 11.5 Å². The van der Waals surface area contributed by atoms with Crippen molar-refractivity contribution < 1.29 is 0 Å². The van der Waals surface area contributed by atoms with E-state index < -0.39 is 0 Å². The van der Waals surface area contributed by atoms with Crippen molar-refractivity contribution in [2.45, 2.75) is 45.3 Å². The highest BCUT2D eigenvalue weighted by Gasteiger charge is 2.20. The maximum atomic E-state index is 4.80. The molecule has 0 aliphatic carbocycles. The van der Waals surface area contributed by atoms with Crippen LogP contribution in [0.3, 0.4) is 0 Å². The van der Waals surface area contributed by atoms with E-state index in [1.807, 2.05) is 7.05 Å². The summed E-state index contributed by atoms with van der Waals surface area (Å²) in [5.41, 5.74) is 4.94. The standard InChI is InChI=1S/C23H33N5/c1-17(13-27-11-10-19-6-4-5-7-20(19)14-27)12-25-18(2)22-16-28-15-21(24-3)8-9-23(28)26-22/h4-7,16-17,21,24-25H,2,8-15H2,1,3H3. The Morgan fingerprint density at radius 1 is 1.29 bits per heavy atom. The molecule has 0 radical (unpaired) electrons. The SMILES string of the molecule is C=C(NCC(C)CN1CCc2ccccc2C1)c1cn2c(n1)CCC(NC)C2. The third-order valence-corrected chi connectivity index (χ3v) is 6.15. The third-order valence-electron chi connectivity index (χ3n) is 6.15. The van der Waals surface area contributed by atoms with Gasteiger partial charge >= 0.3 is 0 Å². The van der Waals surface area contributed by atoms with Crippen molar-refractivity contribution in [1.82, 2.24) is 25.1 Å². The van der Waals surface area contributed by atoms with E-state index in [4.69, 9.17) is 4.98 Å². The average molecular weight is 380 g/mol. The first-order chi connectivity index (χ1) is 13.6. The number of likely N-dealkylation sites (N-methyl/N-ethyl adjacent to an activating group) is 1. The number of nitrogens with zero attached hydrogens (tertiary/aromatic N) is 3. The van der Waals surface area contributed by atoms with Gasteiger partial charge < -0.3 is 15.2 Å². The molecule has 1 aromatic heterocycles. The molecule has 3 heterocycles. The molecular weight excluding hydrogens is 346 g/mol. The van der Waals surface area contributed by atoms with Gasteiger partial charge in [-0.1, -0.05) is 37.8 Å². The lowest BCUT2D eigenvalue weighted by Crippen LogP contribution is -2.36. The third kappa shape index (κ3) is 4.31. The summed E-state index contributed by atoms with van der Waals surface area (Å²) in [6, 6.07) is 9.39. The van der Waals surface area contributed by atoms with Crippen LogP contribution in [0.5, 0.6) is 0 Å². The number of rotatable bonds is 7. The van der Waals surface area contributed by atoms with Crippen LogP contribution in [0, 0.1) is 5.92 Å². The summed E-state index contributed by atoms with van der Waals surface area (Å²) in [5.74, 6) is 1.75. The molecule has 0 saturated heterocycles. The monoisotopic (exact) mass is 379 g/mol. The largest absolute Gasteiger partial charge is 0.383 e. The van der Waals surface area contributed by atoms with E-state index in [1.165, 1.54) is 17.0 Å². The molecule has 2 aliphatic heterocycles. The molecular formula is C23H33N5. The number of imidazole rings is 1. The molecule has 0 fully saturated rings. The molecule has 2 aliphatic rings. The maximum absolute atomic E-state index is 4.80. The first-order valence-corrected chi connectivity index (χ1v) is 10.6. The summed E-state index contributed by atoms with van der Waals surface area (Å²) in [6.07, 6.45) is 5.51. The van der Waals surface area contributed by atoms with Gasteiger partial charge in [0.15, 0.2) is 0 Å². The first-order valence-electron chi connectivity index (χ1n) is 10.6. The first kappa shape index (κ1) is 19.2. The van der Waals surface area contributed by atoms with Crippen molar-refractivity contribution >= 4 is 5.70 Å². The number of nitrogens with one attached hydrogen (secondary N) is 2. The molecule has 2 unspecified atom stereocenters. The van der Waals surface area contributed by atoms with E-state index >= 15 is 0 Å². The summed E-state index contributed by atoms with van der Waals surface area (Å²) in [5, 5.41) is 6.91. The molecule has 0 saturated carbocycles. The maximum Gasteiger partial charge on any atom is 0.109 e. The Labute approximate surface area is 168 Å². The van der Waals surface area contributed by atoms with Crippen LogP contribution in [0.1, 0.15) is 36.0 Å². The summed E-state index contributed by atoms with van der Waals surface area (Å²) in [6.45, 7) is 11.8. The Hall–Kier alpha value is -2.11. The molecule has 4 rings (SSSR count). The second-order valence-corrected chi connectivity index (χ2v) is 8.44. The van der Waals surface area contributed by atoms with E-state index in [0.29, 0.717) is 12.0 Å². The van der Waals surface area contributed by atoms with Crippen LogP contribution in [0.15, 0.2) is 37.0 Å². The summed E-state index contributed by atoms with van der Waals surface area (Å²) < 4.78 is 2.28. The fourth-order valence-corrected chi connectivity index (χ4v) is 4.43. The van der Waals surface area contributed by atoms with Gasteiger partial charge in [-0.2, -0.15) is 0 Å². The number of benzene rings is 1. The van der Waals surface area contributed by atoms with Crippen molar-refractivity contribution in [2.24, 2.45) is 5.92 Å². The normalized spacial score (nSPS) is 20.3. The number of aromatic nitrogens is 2. The van der Waals surface area contributed by atoms with Gasteiger partial charge in [0.2, 0.25) is 0 Å². The molecule has 150 valence electrons. The number of aryl methyl sites for hydroxylation is 1. The van der Waals surface area contributed by atoms with Crippen molar-refractivity contribution in [1.29, 1.82) is 0 Å². The Balaban J connectivity index is 1.27. The highest BCUT2D eigenvalue weighted by Crippen LogP contribution is 2.20. The molecule has 0 spiro atoms. The molecule has 5 heteroatoms. The van der Waals surface area contributed by atoms with E-state index in [9.17, 15) is 0 Å². The van der Waals surface area contributed by atoms with Crippen LogP contribution in [-0.4, -0.2) is 47.2 Å². The van der Waals surface area contributed by atoms with E-state index in [0.717, 1.165) is 63.4 Å². The number of hydrogen-bond donors (Lipinski definition) is 2. The van der Waals surface area contributed by atoms with Crippen molar-refractivity contribution in [3.8, 4) is 0 Å². The molecule has 1 aromatic carbocycles. The van der Waals surface area contributed by atoms with E-state index in [2.05, 4.69) is 64.1 Å². The summed E-state index contributed by atoms with van der Waals surface area (Å²) in [7, 11) is 2.04. The van der Waals surface area contributed by atoms with Crippen LogP contribution >= 0.6 is 0 Å². The Kier molecular flexibility index (Phi) is 5.83. The highest BCUT2D eigenvalue weighted by molar-refractivity contribution is 5.57. The van der Waals surface area contributed by atoms with E-state index in [1.54, 1.807) is 0 Å². The zero-order chi connectivity index (χ0) is 19.5. The lowest BCUT2D eigenvalue weighted by atomic mass is 9.99. The molecule has 5 nitrogen and oxygen atoms in total. The molecule has 2 atom stereocenters. The fourth-order valence-electron chi connectivity index (χ4n) is 4.43. The van der Waals surface area contributed by atoms with Gasteiger partial charge in [-0.3, -0.25) is 4.90 Å². The van der Waals surface area contributed by atoms with Crippen molar-refractivity contribution in [2.75, 3.05) is 26.7 Å². The lowest BCUT2D eigenvalue weighted by molar-refractivity contribution is 0.220. The molecule has 0 bridgehead atoms. The fraction of sp³-hybridized carbons (Fsp3) is 0.522. The second kappa shape index (κ2) is 8.50.